The van der Waals surface area contributed by atoms with Crippen molar-refractivity contribution in [1.82, 2.24) is 4.90 Å². The summed E-state index contributed by atoms with van der Waals surface area (Å²) in [4.78, 5) is 38.9. The van der Waals surface area contributed by atoms with Gasteiger partial charge in [-0.05, 0) is 74.0 Å². The van der Waals surface area contributed by atoms with E-state index in [1.165, 1.54) is 13.2 Å². The van der Waals surface area contributed by atoms with Gasteiger partial charge >= 0.3 is 0 Å². The molecule has 1 fully saturated rings. The number of benzene rings is 2. The first-order valence-electron chi connectivity index (χ1n) is 11.1. The quantitative estimate of drug-likeness (QED) is 0.409. The molecule has 2 aromatic carbocycles. The molecule has 1 N–H and O–H groups in total. The van der Waals surface area contributed by atoms with Crippen molar-refractivity contribution in [2.45, 2.75) is 33.3 Å². The number of hydrogen-bond acceptors (Lipinski definition) is 7. The largest absolute Gasteiger partial charge is 0.495 e. The molecule has 0 unspecified atom stereocenters. The van der Waals surface area contributed by atoms with Gasteiger partial charge in [-0.15, -0.1) is 0 Å². The van der Waals surface area contributed by atoms with Crippen LogP contribution in [-0.4, -0.2) is 48.3 Å². The van der Waals surface area contributed by atoms with E-state index in [1.54, 1.807) is 36.4 Å². The molecule has 1 saturated heterocycles. The standard InChI is InChI=1S/C25H27ClN2O6S/c1-5-15(3)34-20-9-7-16(11-21(20)33-6-2)12-22-24(30)28(25(31)35-22)14-23(29)27-17-8-10-19(32-4)18(26)13-17/h7-13,15H,5-6,14H2,1-4H3,(H,27,29)/b22-12+/t15-/m1/s1. The first-order chi connectivity index (χ1) is 16.7. The van der Waals surface area contributed by atoms with Crippen LogP contribution < -0.4 is 19.5 Å². The molecule has 35 heavy (non-hydrogen) atoms. The van der Waals surface area contributed by atoms with Gasteiger partial charge in [0.25, 0.3) is 11.1 Å². The highest BCUT2D eigenvalue weighted by atomic mass is 35.5. The van der Waals surface area contributed by atoms with E-state index < -0.39 is 23.6 Å². The van der Waals surface area contributed by atoms with Crippen molar-refractivity contribution in [2.75, 3.05) is 25.6 Å². The molecule has 0 spiro atoms. The molecule has 2 aromatic rings. The van der Waals surface area contributed by atoms with Crippen molar-refractivity contribution in [1.29, 1.82) is 0 Å². The van der Waals surface area contributed by atoms with Crippen LogP contribution >= 0.6 is 23.4 Å². The third-order valence-corrected chi connectivity index (χ3v) is 6.28. The molecule has 1 aliphatic rings. The number of nitrogens with zero attached hydrogens (tertiary/aromatic N) is 1. The smallest absolute Gasteiger partial charge is 0.294 e. The average molecular weight is 519 g/mol. The van der Waals surface area contributed by atoms with E-state index >= 15 is 0 Å². The zero-order valence-electron chi connectivity index (χ0n) is 19.9. The number of rotatable bonds is 10. The van der Waals surface area contributed by atoms with Crippen LogP contribution in [0.4, 0.5) is 10.5 Å². The summed E-state index contributed by atoms with van der Waals surface area (Å²) in [5.74, 6) is 0.563. The van der Waals surface area contributed by atoms with Crippen LogP contribution in [0.3, 0.4) is 0 Å². The molecule has 3 rings (SSSR count). The van der Waals surface area contributed by atoms with Gasteiger partial charge in [0, 0.05) is 5.69 Å². The number of hydrogen-bond donors (Lipinski definition) is 1. The molecular formula is C25H27ClN2O6S. The Kier molecular flexibility index (Phi) is 9.06. The highest BCUT2D eigenvalue weighted by molar-refractivity contribution is 8.18. The van der Waals surface area contributed by atoms with Crippen LogP contribution in [0.1, 0.15) is 32.8 Å². The molecule has 10 heteroatoms. The van der Waals surface area contributed by atoms with Gasteiger partial charge in [0.15, 0.2) is 11.5 Å². The van der Waals surface area contributed by atoms with Gasteiger partial charge in [-0.25, -0.2) is 0 Å². The molecule has 1 atom stereocenters. The molecule has 186 valence electrons. The minimum Gasteiger partial charge on any atom is -0.495 e. The Balaban J connectivity index is 1.71. The van der Waals surface area contributed by atoms with Gasteiger partial charge in [0.05, 0.1) is 29.7 Å². The summed E-state index contributed by atoms with van der Waals surface area (Å²) in [5.41, 5.74) is 1.10. The predicted octanol–water partition coefficient (Wildman–Crippen LogP) is 5.60. The van der Waals surface area contributed by atoms with E-state index in [2.05, 4.69) is 5.32 Å². The zero-order chi connectivity index (χ0) is 25.5. The zero-order valence-corrected chi connectivity index (χ0v) is 21.5. The molecule has 0 aliphatic carbocycles. The lowest BCUT2D eigenvalue weighted by Crippen LogP contribution is -2.36. The van der Waals surface area contributed by atoms with Crippen LogP contribution in [0, 0.1) is 0 Å². The fourth-order valence-corrected chi connectivity index (χ4v) is 4.25. The monoisotopic (exact) mass is 518 g/mol. The normalized spacial score (nSPS) is 15.3. The van der Waals surface area contributed by atoms with Gasteiger partial charge in [-0.3, -0.25) is 19.3 Å². The fourth-order valence-electron chi connectivity index (χ4n) is 3.16. The third kappa shape index (κ3) is 6.70. The molecule has 0 saturated carbocycles. The van der Waals surface area contributed by atoms with Crippen molar-refractivity contribution in [3.63, 3.8) is 0 Å². The number of amides is 3. The first-order valence-corrected chi connectivity index (χ1v) is 12.3. The highest BCUT2D eigenvalue weighted by Crippen LogP contribution is 2.35. The number of halogens is 1. The molecular weight excluding hydrogens is 492 g/mol. The summed E-state index contributed by atoms with van der Waals surface area (Å²) in [5, 5.41) is 2.43. The van der Waals surface area contributed by atoms with Crippen molar-refractivity contribution >= 4 is 52.2 Å². The summed E-state index contributed by atoms with van der Waals surface area (Å²) >= 11 is 6.85. The minimum atomic E-state index is -0.541. The lowest BCUT2D eigenvalue weighted by atomic mass is 10.1. The maximum atomic E-state index is 12.9. The van der Waals surface area contributed by atoms with Gasteiger partial charge in [0.2, 0.25) is 5.91 Å². The van der Waals surface area contributed by atoms with E-state index in [4.69, 9.17) is 25.8 Å². The van der Waals surface area contributed by atoms with E-state index in [1.807, 2.05) is 20.8 Å². The van der Waals surface area contributed by atoms with Crippen LogP contribution in [0.2, 0.25) is 5.02 Å². The van der Waals surface area contributed by atoms with Crippen molar-refractivity contribution < 1.29 is 28.6 Å². The summed E-state index contributed by atoms with van der Waals surface area (Å²) < 4.78 is 16.7. The van der Waals surface area contributed by atoms with Crippen molar-refractivity contribution in [2.24, 2.45) is 0 Å². The molecule has 1 aliphatic heterocycles. The number of methoxy groups -OCH3 is 1. The molecule has 8 nitrogen and oxygen atoms in total. The number of imide groups is 1. The maximum absolute atomic E-state index is 12.9. The fraction of sp³-hybridized carbons (Fsp3) is 0.320. The summed E-state index contributed by atoms with van der Waals surface area (Å²) in [6.45, 7) is 5.90. The van der Waals surface area contributed by atoms with E-state index in [9.17, 15) is 14.4 Å². The number of ether oxygens (including phenoxy) is 3. The summed E-state index contributed by atoms with van der Waals surface area (Å²) in [6.07, 6.45) is 2.47. The number of carbonyl (C=O) groups excluding carboxylic acids is 3. The second kappa shape index (κ2) is 12.0. The minimum absolute atomic E-state index is 0.0247. The maximum Gasteiger partial charge on any atom is 0.294 e. The van der Waals surface area contributed by atoms with Crippen molar-refractivity contribution in [3.8, 4) is 17.2 Å². The topological polar surface area (TPSA) is 94.2 Å². The van der Waals surface area contributed by atoms with Crippen LogP contribution in [0.15, 0.2) is 41.3 Å². The van der Waals surface area contributed by atoms with E-state index in [-0.39, 0.29) is 11.0 Å². The third-order valence-electron chi connectivity index (χ3n) is 5.08. The Hall–Kier alpha value is -3.17. The number of carbonyl (C=O) groups is 3. The Morgan fingerprint density at radius 2 is 1.89 bits per heavy atom. The number of anilines is 1. The summed E-state index contributed by atoms with van der Waals surface area (Å²) in [6, 6.07) is 10.1. The van der Waals surface area contributed by atoms with Crippen molar-refractivity contribution in [3.05, 3.63) is 51.9 Å². The molecule has 0 aromatic heterocycles. The SMILES string of the molecule is CCOc1cc(/C=C2/SC(=O)N(CC(=O)Nc3ccc(OC)c(Cl)c3)C2=O)ccc1O[C@H](C)CC. The Morgan fingerprint density at radius 3 is 2.54 bits per heavy atom. The molecule has 1 heterocycles. The summed E-state index contributed by atoms with van der Waals surface area (Å²) in [7, 11) is 1.49. The predicted molar refractivity (Wildman–Crippen MR) is 137 cm³/mol. The number of thioether (sulfide) groups is 1. The second-order valence-corrected chi connectivity index (χ2v) is 9.04. The lowest BCUT2D eigenvalue weighted by Gasteiger charge is -2.16. The molecule has 0 bridgehead atoms. The van der Waals surface area contributed by atoms with Gasteiger partial charge in [0.1, 0.15) is 12.3 Å². The average Bonchev–Trinajstić information content (AvgIpc) is 3.08. The van der Waals surface area contributed by atoms with Crippen LogP contribution in [-0.2, 0) is 9.59 Å². The van der Waals surface area contributed by atoms with Crippen LogP contribution in [0.5, 0.6) is 17.2 Å². The molecule has 0 radical (unpaired) electrons. The van der Waals surface area contributed by atoms with Gasteiger partial charge in [-0.2, -0.15) is 0 Å². The Morgan fingerprint density at radius 1 is 1.14 bits per heavy atom. The second-order valence-electron chi connectivity index (χ2n) is 7.64. The van der Waals surface area contributed by atoms with E-state index in [0.29, 0.717) is 40.1 Å². The number of nitrogens with one attached hydrogen (secondary N) is 1. The lowest BCUT2D eigenvalue weighted by molar-refractivity contribution is -0.127. The van der Waals surface area contributed by atoms with E-state index in [0.717, 1.165) is 23.1 Å². The van der Waals surface area contributed by atoms with Gasteiger partial charge < -0.3 is 19.5 Å². The Bertz CT molecular complexity index is 1150. The van der Waals surface area contributed by atoms with Crippen LogP contribution in [0.25, 0.3) is 6.08 Å². The Labute approximate surface area is 213 Å². The highest BCUT2D eigenvalue weighted by Gasteiger charge is 2.36. The first kappa shape index (κ1) is 26.4. The van der Waals surface area contributed by atoms with Gasteiger partial charge in [-0.1, -0.05) is 24.6 Å². The molecule has 3 amide bonds.